The van der Waals surface area contributed by atoms with E-state index < -0.39 is 0 Å². The molecule has 0 radical (unpaired) electrons. The first-order valence-corrected chi connectivity index (χ1v) is 9.29. The highest BCUT2D eigenvalue weighted by atomic mass is 35.5. The number of carbonyl (C=O) groups is 1. The molecule has 1 aromatic heterocycles. The third-order valence-corrected chi connectivity index (χ3v) is 5.37. The van der Waals surface area contributed by atoms with Gasteiger partial charge in [-0.1, -0.05) is 11.6 Å². The van der Waals surface area contributed by atoms with E-state index >= 15 is 0 Å². The Hall–Kier alpha value is -2.05. The van der Waals surface area contributed by atoms with E-state index in [9.17, 15) is 9.59 Å². The van der Waals surface area contributed by atoms with Gasteiger partial charge in [0.2, 0.25) is 5.91 Å². The number of aryl methyl sites for hydroxylation is 1. The molecule has 1 aromatic carbocycles. The topological polar surface area (TPSA) is 63.0 Å². The third kappa shape index (κ3) is 3.19. The SMILES string of the molecule is Cc1cc(=O)oc2c3c(c(Cl)cc12)OCN(CCCN1CCCC1=O)C3. The van der Waals surface area contributed by atoms with Crippen molar-refractivity contribution in [2.45, 2.75) is 32.7 Å². The zero-order valence-electron chi connectivity index (χ0n) is 14.7. The maximum absolute atomic E-state index is 11.8. The second-order valence-corrected chi connectivity index (χ2v) is 7.36. The minimum Gasteiger partial charge on any atom is -0.476 e. The van der Waals surface area contributed by atoms with Gasteiger partial charge in [-0.15, -0.1) is 0 Å². The van der Waals surface area contributed by atoms with Gasteiger partial charge in [0.1, 0.15) is 18.1 Å². The van der Waals surface area contributed by atoms with Gasteiger partial charge in [0.25, 0.3) is 0 Å². The van der Waals surface area contributed by atoms with Crippen LogP contribution in [0.15, 0.2) is 21.3 Å². The minimum absolute atomic E-state index is 0.250. The molecule has 2 aliphatic rings. The lowest BCUT2D eigenvalue weighted by molar-refractivity contribution is -0.127. The number of hydrogen-bond donors (Lipinski definition) is 0. The summed E-state index contributed by atoms with van der Waals surface area (Å²) in [5, 5.41) is 1.37. The van der Waals surface area contributed by atoms with Crippen molar-refractivity contribution < 1.29 is 13.9 Å². The van der Waals surface area contributed by atoms with Gasteiger partial charge in [-0.3, -0.25) is 9.69 Å². The fraction of sp³-hybridized carbons (Fsp3) is 0.474. The number of hydrogen-bond acceptors (Lipinski definition) is 5. The van der Waals surface area contributed by atoms with Gasteiger partial charge in [0.05, 0.1) is 10.6 Å². The number of benzene rings is 1. The van der Waals surface area contributed by atoms with Crippen LogP contribution in [0, 0.1) is 6.92 Å². The maximum Gasteiger partial charge on any atom is 0.336 e. The van der Waals surface area contributed by atoms with Crippen molar-refractivity contribution in [3.63, 3.8) is 0 Å². The molecule has 6 nitrogen and oxygen atoms in total. The number of ether oxygens (including phenoxy) is 1. The summed E-state index contributed by atoms with van der Waals surface area (Å²) in [6.45, 7) is 5.34. The number of halogens is 1. The first-order valence-electron chi connectivity index (χ1n) is 8.91. The average molecular weight is 377 g/mol. The summed E-state index contributed by atoms with van der Waals surface area (Å²) < 4.78 is 11.3. The van der Waals surface area contributed by atoms with E-state index in [0.717, 1.165) is 49.0 Å². The van der Waals surface area contributed by atoms with Crippen LogP contribution in [-0.2, 0) is 11.3 Å². The van der Waals surface area contributed by atoms with E-state index in [1.54, 1.807) is 6.07 Å². The molecule has 2 aliphatic heterocycles. The molecule has 0 aliphatic carbocycles. The van der Waals surface area contributed by atoms with Crippen LogP contribution in [0.1, 0.15) is 30.4 Å². The second-order valence-electron chi connectivity index (χ2n) is 6.96. The Labute approximate surface area is 156 Å². The molecule has 3 heterocycles. The lowest BCUT2D eigenvalue weighted by atomic mass is 10.0. The van der Waals surface area contributed by atoms with Crippen molar-refractivity contribution in [2.75, 3.05) is 26.4 Å². The molecule has 0 bridgehead atoms. The highest BCUT2D eigenvalue weighted by Crippen LogP contribution is 2.39. The highest BCUT2D eigenvalue weighted by Gasteiger charge is 2.25. The van der Waals surface area contributed by atoms with Crippen molar-refractivity contribution in [3.05, 3.63) is 38.7 Å². The van der Waals surface area contributed by atoms with Crippen molar-refractivity contribution in [1.82, 2.24) is 9.80 Å². The molecule has 1 fully saturated rings. The van der Waals surface area contributed by atoms with Crippen LogP contribution in [0.2, 0.25) is 5.02 Å². The largest absolute Gasteiger partial charge is 0.476 e. The van der Waals surface area contributed by atoms with Crippen LogP contribution in [0.25, 0.3) is 11.0 Å². The number of fused-ring (bicyclic) bond motifs is 3. The Morgan fingerprint density at radius 1 is 1.23 bits per heavy atom. The summed E-state index contributed by atoms with van der Waals surface area (Å²) in [6.07, 6.45) is 2.51. The highest BCUT2D eigenvalue weighted by molar-refractivity contribution is 6.33. The summed E-state index contributed by atoms with van der Waals surface area (Å²) in [4.78, 5) is 27.6. The number of amides is 1. The summed E-state index contributed by atoms with van der Waals surface area (Å²) in [7, 11) is 0. The number of rotatable bonds is 4. The van der Waals surface area contributed by atoms with E-state index in [1.165, 1.54) is 6.07 Å². The Balaban J connectivity index is 1.53. The molecule has 0 N–H and O–H groups in total. The molecule has 26 heavy (non-hydrogen) atoms. The number of carbonyl (C=O) groups excluding carboxylic acids is 1. The molecule has 0 unspecified atom stereocenters. The van der Waals surface area contributed by atoms with Gasteiger partial charge in [0.15, 0.2) is 0 Å². The first kappa shape index (κ1) is 17.4. The van der Waals surface area contributed by atoms with Crippen molar-refractivity contribution >= 4 is 28.5 Å². The zero-order chi connectivity index (χ0) is 18.3. The lowest BCUT2D eigenvalue weighted by Crippen LogP contribution is -2.35. The fourth-order valence-corrected chi connectivity index (χ4v) is 4.03. The van der Waals surface area contributed by atoms with E-state index in [0.29, 0.717) is 36.1 Å². The first-order chi connectivity index (χ1) is 12.5. The quantitative estimate of drug-likeness (QED) is 0.768. The zero-order valence-corrected chi connectivity index (χ0v) is 15.5. The standard InChI is InChI=1S/C19H21ClN2O4/c1-12-8-17(24)26-18-13(12)9-15(20)19-14(18)10-21(11-25-19)5-3-7-22-6-2-4-16(22)23/h8-9H,2-7,10-11H2,1H3. The fourth-order valence-electron chi connectivity index (χ4n) is 3.76. The van der Waals surface area contributed by atoms with E-state index in [-0.39, 0.29) is 11.5 Å². The van der Waals surface area contributed by atoms with Gasteiger partial charge in [-0.2, -0.15) is 0 Å². The summed E-state index contributed by atoms with van der Waals surface area (Å²) in [6, 6.07) is 3.27. The molecular weight excluding hydrogens is 356 g/mol. The molecule has 7 heteroatoms. The van der Waals surface area contributed by atoms with Crippen LogP contribution in [0.3, 0.4) is 0 Å². The van der Waals surface area contributed by atoms with Crippen molar-refractivity contribution in [3.8, 4) is 5.75 Å². The van der Waals surface area contributed by atoms with Crippen LogP contribution in [-0.4, -0.2) is 42.1 Å². The van der Waals surface area contributed by atoms with E-state index in [2.05, 4.69) is 4.90 Å². The molecule has 138 valence electrons. The summed E-state index contributed by atoms with van der Waals surface area (Å²) in [5.74, 6) is 0.846. The smallest absolute Gasteiger partial charge is 0.336 e. The Bertz CT molecular complexity index is 924. The minimum atomic E-state index is -0.371. The third-order valence-electron chi connectivity index (χ3n) is 5.09. The molecular formula is C19H21ClN2O4. The monoisotopic (exact) mass is 376 g/mol. The van der Waals surface area contributed by atoms with Gasteiger partial charge < -0.3 is 14.1 Å². The molecule has 1 amide bonds. The normalized spacial score (nSPS) is 17.6. The van der Waals surface area contributed by atoms with Gasteiger partial charge >= 0.3 is 5.63 Å². The molecule has 2 aromatic rings. The Morgan fingerprint density at radius 2 is 2.08 bits per heavy atom. The lowest BCUT2D eigenvalue weighted by Gasteiger charge is -2.30. The molecule has 1 saturated heterocycles. The Morgan fingerprint density at radius 3 is 2.85 bits per heavy atom. The van der Waals surface area contributed by atoms with Crippen molar-refractivity contribution in [1.29, 1.82) is 0 Å². The molecule has 0 spiro atoms. The molecule has 0 saturated carbocycles. The number of likely N-dealkylation sites (tertiary alicyclic amines) is 1. The molecule has 0 atom stereocenters. The summed E-state index contributed by atoms with van der Waals surface area (Å²) in [5.41, 5.74) is 1.83. The molecule has 4 rings (SSSR count). The van der Waals surface area contributed by atoms with Crippen LogP contribution >= 0.6 is 11.6 Å². The maximum atomic E-state index is 11.8. The second kappa shape index (κ2) is 6.93. The van der Waals surface area contributed by atoms with Crippen LogP contribution in [0.5, 0.6) is 5.75 Å². The number of nitrogens with zero attached hydrogens (tertiary/aromatic N) is 2. The van der Waals surface area contributed by atoms with Gasteiger partial charge in [-0.05, 0) is 31.4 Å². The van der Waals surface area contributed by atoms with Crippen LogP contribution in [0.4, 0.5) is 0 Å². The van der Waals surface area contributed by atoms with Crippen molar-refractivity contribution in [2.24, 2.45) is 0 Å². The Kier molecular flexibility index (Phi) is 4.63. The van der Waals surface area contributed by atoms with E-state index in [4.69, 9.17) is 20.8 Å². The summed E-state index contributed by atoms with van der Waals surface area (Å²) >= 11 is 6.38. The van der Waals surface area contributed by atoms with Gasteiger partial charge in [0, 0.05) is 44.1 Å². The van der Waals surface area contributed by atoms with Gasteiger partial charge in [-0.25, -0.2) is 4.79 Å². The van der Waals surface area contributed by atoms with Crippen LogP contribution < -0.4 is 10.4 Å². The van der Waals surface area contributed by atoms with E-state index in [1.807, 2.05) is 11.8 Å². The predicted molar refractivity (Wildman–Crippen MR) is 98.6 cm³/mol. The predicted octanol–water partition coefficient (Wildman–Crippen LogP) is 2.92. The average Bonchev–Trinajstić information content (AvgIpc) is 3.01.